The summed E-state index contributed by atoms with van der Waals surface area (Å²) in [6, 6.07) is 5.02. The van der Waals surface area contributed by atoms with E-state index in [1.165, 1.54) is 13.1 Å². The topological polar surface area (TPSA) is 87.2 Å². The molecule has 0 radical (unpaired) electrons. The van der Waals surface area contributed by atoms with Crippen molar-refractivity contribution in [3.05, 3.63) is 59.4 Å². The summed E-state index contributed by atoms with van der Waals surface area (Å²) in [7, 11) is 0. The summed E-state index contributed by atoms with van der Waals surface area (Å²) in [5, 5.41) is 5.69. The molecule has 0 spiro atoms. The molecule has 7 nitrogen and oxygen atoms in total. The van der Waals surface area contributed by atoms with Crippen LogP contribution in [0.25, 0.3) is 0 Å². The minimum atomic E-state index is -4.55. The van der Waals surface area contributed by atoms with Crippen LogP contribution in [0.5, 0.6) is 0 Å². The van der Waals surface area contributed by atoms with E-state index in [9.17, 15) is 22.8 Å². The fraction of sp³-hybridized carbons (Fsp3) is 0.391. The first-order valence-electron chi connectivity index (χ1n) is 10.7. The van der Waals surface area contributed by atoms with Crippen molar-refractivity contribution < 1.29 is 22.8 Å². The van der Waals surface area contributed by atoms with Crippen molar-refractivity contribution in [3.63, 3.8) is 0 Å². The van der Waals surface area contributed by atoms with Crippen molar-refractivity contribution in [3.8, 4) is 0 Å². The van der Waals surface area contributed by atoms with Crippen LogP contribution >= 0.6 is 0 Å². The van der Waals surface area contributed by atoms with Crippen LogP contribution in [-0.4, -0.2) is 38.8 Å². The van der Waals surface area contributed by atoms with E-state index in [2.05, 4.69) is 27.2 Å². The smallest absolute Gasteiger partial charge is 0.351 e. The van der Waals surface area contributed by atoms with Crippen molar-refractivity contribution in [2.75, 3.05) is 10.6 Å². The highest BCUT2D eigenvalue weighted by molar-refractivity contribution is 6.02. The molecule has 4 rings (SSSR count). The van der Waals surface area contributed by atoms with Gasteiger partial charge >= 0.3 is 6.18 Å². The Bertz CT molecular complexity index is 1100. The molecule has 2 aromatic rings. The minimum absolute atomic E-state index is 0.0290. The number of carbonyl (C=O) groups excluding carboxylic acids is 2. The number of aromatic nitrogens is 2. The molecule has 2 atom stereocenters. The van der Waals surface area contributed by atoms with Crippen LogP contribution in [0.4, 0.5) is 24.8 Å². The Morgan fingerprint density at radius 2 is 2.09 bits per heavy atom. The maximum atomic E-state index is 13.2. The number of fused-ring (bicyclic) bond motifs is 1. The van der Waals surface area contributed by atoms with Crippen LogP contribution < -0.4 is 10.6 Å². The third kappa shape index (κ3) is 4.84. The summed E-state index contributed by atoms with van der Waals surface area (Å²) in [6.45, 7) is 5.20. The molecule has 10 heteroatoms. The van der Waals surface area contributed by atoms with Crippen molar-refractivity contribution in [1.29, 1.82) is 0 Å². The number of alkyl halides is 3. The number of rotatable bonds is 5. The number of anilines is 2. The largest absolute Gasteiger partial charge is 0.433 e. The van der Waals surface area contributed by atoms with E-state index in [0.29, 0.717) is 24.2 Å². The first kappa shape index (κ1) is 22.8. The van der Waals surface area contributed by atoms with Gasteiger partial charge in [-0.25, -0.2) is 9.97 Å². The Labute approximate surface area is 189 Å². The summed E-state index contributed by atoms with van der Waals surface area (Å²) in [4.78, 5) is 34.1. The van der Waals surface area contributed by atoms with Crippen LogP contribution in [0, 0.1) is 6.92 Å². The highest BCUT2D eigenvalue weighted by Gasteiger charge is 2.37. The van der Waals surface area contributed by atoms with Crippen LogP contribution in [0.1, 0.15) is 52.9 Å². The second-order valence-corrected chi connectivity index (χ2v) is 8.38. The molecule has 0 saturated heterocycles. The van der Waals surface area contributed by atoms with Gasteiger partial charge in [0.1, 0.15) is 0 Å². The Morgan fingerprint density at radius 3 is 2.82 bits per heavy atom. The van der Waals surface area contributed by atoms with E-state index in [-0.39, 0.29) is 35.4 Å². The van der Waals surface area contributed by atoms with E-state index in [1.807, 2.05) is 6.07 Å². The van der Waals surface area contributed by atoms with E-state index >= 15 is 0 Å². The molecule has 1 aliphatic carbocycles. The number of nitrogens with zero attached hydrogens (tertiary/aromatic N) is 3. The Hall–Kier alpha value is -3.43. The van der Waals surface area contributed by atoms with E-state index < -0.39 is 11.9 Å². The average molecular weight is 459 g/mol. The zero-order valence-corrected chi connectivity index (χ0v) is 18.1. The number of nitrogens with one attached hydrogen (secondary N) is 2. The summed E-state index contributed by atoms with van der Waals surface area (Å²) in [6.07, 6.45) is 0.742. The van der Waals surface area contributed by atoms with Gasteiger partial charge in [-0.1, -0.05) is 12.6 Å². The molecule has 1 aromatic carbocycles. The molecule has 174 valence electrons. The molecule has 2 aliphatic rings. The zero-order valence-electron chi connectivity index (χ0n) is 18.1. The highest BCUT2D eigenvalue weighted by Crippen LogP contribution is 2.34. The molecule has 2 N–H and O–H groups in total. The lowest BCUT2D eigenvalue weighted by atomic mass is 9.90. The Morgan fingerprint density at radius 1 is 1.30 bits per heavy atom. The fourth-order valence-corrected chi connectivity index (χ4v) is 4.45. The first-order valence-corrected chi connectivity index (χ1v) is 10.7. The summed E-state index contributed by atoms with van der Waals surface area (Å²) in [5.74, 6) is -0.529. The van der Waals surface area contributed by atoms with E-state index in [1.54, 1.807) is 17.0 Å². The van der Waals surface area contributed by atoms with E-state index in [4.69, 9.17) is 0 Å². The van der Waals surface area contributed by atoms with Gasteiger partial charge in [-0.05, 0) is 61.9 Å². The third-order valence-electron chi connectivity index (χ3n) is 6.06. The quantitative estimate of drug-likeness (QED) is 0.651. The number of hydrogen-bond donors (Lipinski definition) is 2. The minimum Gasteiger partial charge on any atom is -0.351 e. The number of amides is 2. The molecule has 0 bridgehead atoms. The van der Waals surface area contributed by atoms with Crippen LogP contribution in [0.3, 0.4) is 0 Å². The number of halogens is 3. The molecule has 1 fully saturated rings. The molecule has 33 heavy (non-hydrogen) atoms. The van der Waals surface area contributed by atoms with Gasteiger partial charge in [-0.15, -0.1) is 0 Å². The first-order chi connectivity index (χ1) is 15.7. The van der Waals surface area contributed by atoms with Gasteiger partial charge in [0.25, 0.3) is 5.91 Å². The van der Waals surface area contributed by atoms with Crippen molar-refractivity contribution >= 4 is 23.5 Å². The molecule has 1 aliphatic heterocycles. The fourth-order valence-electron chi connectivity index (χ4n) is 4.45. The van der Waals surface area contributed by atoms with Crippen LogP contribution in [0.15, 0.2) is 37.1 Å². The highest BCUT2D eigenvalue weighted by atomic mass is 19.4. The van der Waals surface area contributed by atoms with Gasteiger partial charge in [0.15, 0.2) is 5.69 Å². The molecule has 1 aromatic heterocycles. The third-order valence-corrected chi connectivity index (χ3v) is 6.06. The van der Waals surface area contributed by atoms with Gasteiger partial charge in [0.2, 0.25) is 11.9 Å². The zero-order chi connectivity index (χ0) is 23.8. The Kier molecular flexibility index (Phi) is 6.09. The maximum Gasteiger partial charge on any atom is 0.433 e. The monoisotopic (exact) mass is 459 g/mol. The van der Waals surface area contributed by atoms with Gasteiger partial charge < -0.3 is 15.5 Å². The molecule has 0 unspecified atom stereocenters. The SMILES string of the molecule is C=CC(=O)Nc1ccc2c(c1)C(=O)N([C@H]1CCC[C@@H](Nc3ncc(C)c(C(F)(F)F)n3)C1)C2. The van der Waals surface area contributed by atoms with E-state index in [0.717, 1.165) is 30.9 Å². The average Bonchev–Trinajstić information content (AvgIpc) is 3.10. The van der Waals surface area contributed by atoms with Crippen molar-refractivity contribution in [2.45, 2.75) is 57.4 Å². The molecule has 2 heterocycles. The summed E-state index contributed by atoms with van der Waals surface area (Å²) in [5.41, 5.74) is 0.969. The number of hydrogen-bond acceptors (Lipinski definition) is 5. The normalized spacial score (nSPS) is 20.4. The van der Waals surface area contributed by atoms with Crippen LogP contribution in [-0.2, 0) is 17.5 Å². The predicted octanol–water partition coefficient (Wildman–Crippen LogP) is 4.31. The number of benzene rings is 1. The van der Waals surface area contributed by atoms with Crippen LogP contribution in [0.2, 0.25) is 0 Å². The van der Waals surface area contributed by atoms with Gasteiger partial charge in [0.05, 0.1) is 0 Å². The maximum absolute atomic E-state index is 13.2. The second-order valence-electron chi connectivity index (χ2n) is 8.38. The van der Waals surface area contributed by atoms with Gasteiger partial charge in [-0.3, -0.25) is 9.59 Å². The van der Waals surface area contributed by atoms with Crippen molar-refractivity contribution in [2.24, 2.45) is 0 Å². The van der Waals surface area contributed by atoms with Gasteiger partial charge in [-0.2, -0.15) is 13.2 Å². The molecular weight excluding hydrogens is 435 g/mol. The standard InChI is InChI=1S/C23H24F3N5O2/c1-3-19(32)28-16-8-7-14-12-31(21(33)18(14)10-16)17-6-4-5-15(9-17)29-22-27-11-13(2)20(30-22)23(24,25)26/h3,7-8,10-11,15,17H,1,4-6,9,12H2,2H3,(H,28,32)(H,27,29,30)/t15-,17+/m1/s1. The van der Waals surface area contributed by atoms with Crippen molar-refractivity contribution in [1.82, 2.24) is 14.9 Å². The lowest BCUT2D eigenvalue weighted by Gasteiger charge is -2.35. The summed E-state index contributed by atoms with van der Waals surface area (Å²) >= 11 is 0. The van der Waals surface area contributed by atoms with Gasteiger partial charge in [0, 0.05) is 36.1 Å². The lowest BCUT2D eigenvalue weighted by Crippen LogP contribution is -2.42. The molecule has 1 saturated carbocycles. The Balaban J connectivity index is 1.45. The number of carbonyl (C=O) groups is 2. The lowest BCUT2D eigenvalue weighted by molar-refractivity contribution is -0.141. The summed E-state index contributed by atoms with van der Waals surface area (Å²) < 4.78 is 39.5. The predicted molar refractivity (Wildman–Crippen MR) is 117 cm³/mol. The molecule has 2 amide bonds. The second kappa shape index (κ2) is 8.84. The molecular formula is C23H24F3N5O2. The number of aryl methyl sites for hydroxylation is 1.